The summed E-state index contributed by atoms with van der Waals surface area (Å²) in [4.78, 5) is 14.9. The van der Waals surface area contributed by atoms with Gasteiger partial charge in [-0.3, -0.25) is 0 Å². The normalized spacial score (nSPS) is 16.1. The molecule has 1 aliphatic rings. The Balaban J connectivity index is 2.01. The first-order chi connectivity index (χ1) is 7.83. The largest absolute Gasteiger partial charge is 0.331 e. The second-order valence-electron chi connectivity index (χ2n) is 3.90. The first-order valence-electron chi connectivity index (χ1n) is 5.13. The average molecular weight is 217 g/mol. The van der Waals surface area contributed by atoms with E-state index >= 15 is 0 Å². The molecule has 6 nitrogen and oxygen atoms in total. The number of nitrogens with zero attached hydrogens (tertiary/aromatic N) is 5. The standard InChI is InChI=1S/C10H11N5O/c1-15-3-2-7-4-11-9(14-8(7)5-15)10-12-6-13-16-10/h4,6H,2-3,5H2,1H3. The van der Waals surface area contributed by atoms with Crippen LogP contribution in [0.25, 0.3) is 11.7 Å². The van der Waals surface area contributed by atoms with Crippen molar-refractivity contribution in [3.63, 3.8) is 0 Å². The van der Waals surface area contributed by atoms with E-state index < -0.39 is 0 Å². The van der Waals surface area contributed by atoms with Crippen LogP contribution in [0.4, 0.5) is 0 Å². The number of hydrogen-bond acceptors (Lipinski definition) is 6. The SMILES string of the molecule is CN1CCc2cnc(-c3ncno3)nc2C1. The van der Waals surface area contributed by atoms with Gasteiger partial charge < -0.3 is 9.42 Å². The fourth-order valence-electron chi connectivity index (χ4n) is 1.81. The molecule has 0 N–H and O–H groups in total. The third-order valence-electron chi connectivity index (χ3n) is 2.69. The lowest BCUT2D eigenvalue weighted by Crippen LogP contribution is -2.27. The molecular weight excluding hydrogens is 206 g/mol. The summed E-state index contributed by atoms with van der Waals surface area (Å²) in [6.07, 6.45) is 4.20. The highest BCUT2D eigenvalue weighted by atomic mass is 16.5. The van der Waals surface area contributed by atoms with E-state index in [4.69, 9.17) is 4.52 Å². The van der Waals surface area contributed by atoms with Crippen molar-refractivity contribution in [3.05, 3.63) is 23.8 Å². The summed E-state index contributed by atoms with van der Waals surface area (Å²) in [5, 5.41) is 3.55. The quantitative estimate of drug-likeness (QED) is 0.693. The van der Waals surface area contributed by atoms with Crippen molar-refractivity contribution in [2.45, 2.75) is 13.0 Å². The van der Waals surface area contributed by atoms with Crippen LogP contribution < -0.4 is 0 Å². The molecule has 1 aliphatic heterocycles. The number of aromatic nitrogens is 4. The summed E-state index contributed by atoms with van der Waals surface area (Å²) >= 11 is 0. The van der Waals surface area contributed by atoms with E-state index in [9.17, 15) is 0 Å². The third kappa shape index (κ3) is 1.57. The molecule has 16 heavy (non-hydrogen) atoms. The van der Waals surface area contributed by atoms with Gasteiger partial charge in [-0.05, 0) is 19.0 Å². The Morgan fingerprint density at radius 3 is 3.12 bits per heavy atom. The molecule has 0 aromatic carbocycles. The molecule has 82 valence electrons. The lowest BCUT2D eigenvalue weighted by molar-refractivity contribution is 0.307. The Kier molecular flexibility index (Phi) is 2.14. The first-order valence-corrected chi connectivity index (χ1v) is 5.13. The predicted octanol–water partition coefficient (Wildman–Crippen LogP) is 0.514. The summed E-state index contributed by atoms with van der Waals surface area (Å²) in [7, 11) is 2.08. The Bertz CT molecular complexity index is 496. The fraction of sp³-hybridized carbons (Fsp3) is 0.400. The highest BCUT2D eigenvalue weighted by Gasteiger charge is 2.17. The highest BCUT2D eigenvalue weighted by Crippen LogP contribution is 2.18. The molecule has 0 spiro atoms. The molecule has 0 bridgehead atoms. The zero-order chi connectivity index (χ0) is 11.0. The molecule has 0 amide bonds. The van der Waals surface area contributed by atoms with Crippen LogP contribution in [0.3, 0.4) is 0 Å². The van der Waals surface area contributed by atoms with Crippen LogP contribution in [0.2, 0.25) is 0 Å². The van der Waals surface area contributed by atoms with Gasteiger partial charge in [-0.1, -0.05) is 5.16 Å². The van der Waals surface area contributed by atoms with Gasteiger partial charge in [-0.2, -0.15) is 4.98 Å². The minimum atomic E-state index is 0.371. The Hall–Kier alpha value is -1.82. The molecule has 0 saturated carbocycles. The van der Waals surface area contributed by atoms with Crippen LogP contribution in [-0.2, 0) is 13.0 Å². The molecule has 0 saturated heterocycles. The smallest absolute Gasteiger partial charge is 0.295 e. The zero-order valence-electron chi connectivity index (χ0n) is 8.92. The summed E-state index contributed by atoms with van der Waals surface area (Å²) in [6, 6.07) is 0. The zero-order valence-corrected chi connectivity index (χ0v) is 8.92. The van der Waals surface area contributed by atoms with E-state index in [2.05, 4.69) is 32.1 Å². The Labute approximate surface area is 92.3 Å². The lowest BCUT2D eigenvalue weighted by Gasteiger charge is -2.23. The minimum Gasteiger partial charge on any atom is -0.331 e. The van der Waals surface area contributed by atoms with Gasteiger partial charge in [0, 0.05) is 19.3 Å². The molecule has 2 aromatic rings. The van der Waals surface area contributed by atoms with Crippen molar-refractivity contribution in [2.24, 2.45) is 0 Å². The van der Waals surface area contributed by atoms with Crippen molar-refractivity contribution in [3.8, 4) is 11.7 Å². The first kappa shape index (κ1) is 9.41. The Morgan fingerprint density at radius 2 is 2.31 bits per heavy atom. The van der Waals surface area contributed by atoms with Gasteiger partial charge in [0.15, 0.2) is 6.33 Å². The number of rotatable bonds is 1. The van der Waals surface area contributed by atoms with Gasteiger partial charge in [0.1, 0.15) is 0 Å². The molecule has 0 unspecified atom stereocenters. The maximum absolute atomic E-state index is 4.94. The maximum atomic E-state index is 4.94. The monoisotopic (exact) mass is 217 g/mol. The number of likely N-dealkylation sites (N-methyl/N-ethyl adjacent to an activating group) is 1. The van der Waals surface area contributed by atoms with Gasteiger partial charge in [0.25, 0.3) is 5.89 Å². The van der Waals surface area contributed by atoms with Gasteiger partial charge in [-0.25, -0.2) is 9.97 Å². The van der Waals surface area contributed by atoms with Crippen molar-refractivity contribution in [1.82, 2.24) is 25.0 Å². The van der Waals surface area contributed by atoms with E-state index in [1.807, 2.05) is 6.20 Å². The molecule has 3 heterocycles. The maximum Gasteiger partial charge on any atom is 0.295 e. The van der Waals surface area contributed by atoms with Crippen LogP contribution >= 0.6 is 0 Å². The topological polar surface area (TPSA) is 67.9 Å². The third-order valence-corrected chi connectivity index (χ3v) is 2.69. The van der Waals surface area contributed by atoms with Gasteiger partial charge >= 0.3 is 0 Å². The second kappa shape index (κ2) is 3.64. The van der Waals surface area contributed by atoms with Crippen molar-refractivity contribution >= 4 is 0 Å². The molecule has 0 fully saturated rings. The van der Waals surface area contributed by atoms with E-state index in [-0.39, 0.29) is 0 Å². The predicted molar refractivity (Wildman–Crippen MR) is 55.4 cm³/mol. The summed E-state index contributed by atoms with van der Waals surface area (Å²) in [6.45, 7) is 1.90. The fourth-order valence-corrected chi connectivity index (χ4v) is 1.81. The van der Waals surface area contributed by atoms with Gasteiger partial charge in [0.05, 0.1) is 5.69 Å². The summed E-state index contributed by atoms with van der Waals surface area (Å²) in [5.74, 6) is 0.877. The van der Waals surface area contributed by atoms with E-state index in [1.165, 1.54) is 11.9 Å². The average Bonchev–Trinajstić information content (AvgIpc) is 2.81. The van der Waals surface area contributed by atoms with Crippen LogP contribution in [0, 0.1) is 0 Å². The molecule has 3 rings (SSSR count). The van der Waals surface area contributed by atoms with Gasteiger partial charge in [-0.15, -0.1) is 0 Å². The van der Waals surface area contributed by atoms with Crippen molar-refractivity contribution in [2.75, 3.05) is 13.6 Å². The number of fused-ring (bicyclic) bond motifs is 1. The van der Waals surface area contributed by atoms with Gasteiger partial charge in [0.2, 0.25) is 5.82 Å². The molecule has 0 atom stereocenters. The molecule has 2 aromatic heterocycles. The van der Waals surface area contributed by atoms with Crippen molar-refractivity contribution < 1.29 is 4.52 Å². The van der Waals surface area contributed by atoms with Crippen LogP contribution in [0.15, 0.2) is 17.0 Å². The molecule has 6 heteroatoms. The summed E-state index contributed by atoms with van der Waals surface area (Å²) < 4.78 is 4.94. The molecular formula is C10H11N5O. The van der Waals surface area contributed by atoms with Crippen molar-refractivity contribution in [1.29, 1.82) is 0 Å². The van der Waals surface area contributed by atoms with E-state index in [1.54, 1.807) is 0 Å². The van der Waals surface area contributed by atoms with Crippen LogP contribution in [-0.4, -0.2) is 38.6 Å². The van der Waals surface area contributed by atoms with Crippen LogP contribution in [0.1, 0.15) is 11.3 Å². The highest BCUT2D eigenvalue weighted by molar-refractivity contribution is 5.40. The minimum absolute atomic E-state index is 0.371. The summed E-state index contributed by atoms with van der Waals surface area (Å²) in [5.41, 5.74) is 2.26. The Morgan fingerprint density at radius 1 is 1.38 bits per heavy atom. The van der Waals surface area contributed by atoms with E-state index in [0.29, 0.717) is 11.7 Å². The number of hydrogen-bond donors (Lipinski definition) is 0. The molecule has 0 radical (unpaired) electrons. The lowest BCUT2D eigenvalue weighted by atomic mass is 10.1. The second-order valence-corrected chi connectivity index (χ2v) is 3.90. The van der Waals surface area contributed by atoms with Crippen LogP contribution in [0.5, 0.6) is 0 Å². The molecule has 0 aliphatic carbocycles. The van der Waals surface area contributed by atoms with E-state index in [0.717, 1.165) is 25.2 Å².